The molecule has 0 amide bonds. The molecular weight excluding hydrogens is 425 g/mol. The Morgan fingerprint density at radius 2 is 1.76 bits per heavy atom. The van der Waals surface area contributed by atoms with Gasteiger partial charge in [-0.15, -0.1) is 0 Å². The Bertz CT molecular complexity index is 990. The first kappa shape index (κ1) is 22.2. The fourth-order valence-electron chi connectivity index (χ4n) is 4.43. The molecule has 176 valence electrons. The van der Waals surface area contributed by atoms with Crippen LogP contribution in [0.2, 0.25) is 0 Å². The van der Waals surface area contributed by atoms with E-state index in [9.17, 15) is 4.39 Å². The lowest BCUT2D eigenvalue weighted by Crippen LogP contribution is -2.39. The fourth-order valence-corrected chi connectivity index (χ4v) is 4.43. The van der Waals surface area contributed by atoms with Crippen molar-refractivity contribution in [2.45, 2.75) is 19.4 Å². The normalized spacial score (nSPS) is 20.3. The SMILES string of the molecule is Fc1ccc2c(c1)CCC2=NCc1cc(N2CCOCC2)nc(OCCN2CCOCC2)n1. The van der Waals surface area contributed by atoms with Crippen molar-refractivity contribution in [2.24, 2.45) is 4.99 Å². The second kappa shape index (κ2) is 10.5. The first-order valence-electron chi connectivity index (χ1n) is 11.7. The molecule has 2 aromatic rings. The number of anilines is 1. The minimum atomic E-state index is -0.195. The predicted molar refractivity (Wildman–Crippen MR) is 123 cm³/mol. The molecule has 1 aliphatic carbocycles. The molecule has 0 radical (unpaired) electrons. The molecule has 1 aromatic heterocycles. The van der Waals surface area contributed by atoms with Crippen molar-refractivity contribution in [2.75, 3.05) is 70.7 Å². The number of fused-ring (bicyclic) bond motifs is 1. The highest BCUT2D eigenvalue weighted by atomic mass is 19.1. The zero-order valence-corrected chi connectivity index (χ0v) is 18.8. The van der Waals surface area contributed by atoms with Crippen LogP contribution in [0.1, 0.15) is 23.2 Å². The molecule has 0 bridgehead atoms. The molecule has 2 fully saturated rings. The van der Waals surface area contributed by atoms with Crippen molar-refractivity contribution in [3.8, 4) is 6.01 Å². The second-order valence-electron chi connectivity index (χ2n) is 8.47. The lowest BCUT2D eigenvalue weighted by molar-refractivity contribution is 0.0317. The fraction of sp³-hybridized carbons (Fsp3) is 0.542. The Labute approximate surface area is 193 Å². The van der Waals surface area contributed by atoms with E-state index in [1.165, 1.54) is 6.07 Å². The van der Waals surface area contributed by atoms with Crippen molar-refractivity contribution >= 4 is 11.5 Å². The molecule has 3 aliphatic rings. The maximum Gasteiger partial charge on any atom is 0.318 e. The van der Waals surface area contributed by atoms with Crippen LogP contribution in [0.3, 0.4) is 0 Å². The monoisotopic (exact) mass is 455 g/mol. The van der Waals surface area contributed by atoms with Crippen LogP contribution in [-0.4, -0.2) is 86.3 Å². The van der Waals surface area contributed by atoms with E-state index in [-0.39, 0.29) is 5.82 Å². The topological polar surface area (TPSA) is 72.3 Å². The summed E-state index contributed by atoms with van der Waals surface area (Å²) in [6.07, 6.45) is 1.65. The zero-order chi connectivity index (χ0) is 22.5. The van der Waals surface area contributed by atoms with Crippen LogP contribution in [0.5, 0.6) is 6.01 Å². The summed E-state index contributed by atoms with van der Waals surface area (Å²) in [4.78, 5) is 18.7. The average molecular weight is 456 g/mol. The molecule has 2 aliphatic heterocycles. The number of hydrogen-bond donors (Lipinski definition) is 0. The number of benzene rings is 1. The Kier molecular flexibility index (Phi) is 7.09. The van der Waals surface area contributed by atoms with Crippen LogP contribution in [0.15, 0.2) is 29.3 Å². The van der Waals surface area contributed by atoms with Gasteiger partial charge in [0, 0.05) is 44.5 Å². The smallest absolute Gasteiger partial charge is 0.318 e. The van der Waals surface area contributed by atoms with Crippen LogP contribution in [0.25, 0.3) is 0 Å². The Hall–Kier alpha value is -2.62. The molecule has 5 rings (SSSR count). The maximum absolute atomic E-state index is 13.5. The van der Waals surface area contributed by atoms with Crippen molar-refractivity contribution in [3.05, 3.63) is 46.9 Å². The van der Waals surface area contributed by atoms with Gasteiger partial charge >= 0.3 is 6.01 Å². The quantitative estimate of drug-likeness (QED) is 0.633. The molecule has 0 atom stereocenters. The Morgan fingerprint density at radius 3 is 2.58 bits per heavy atom. The molecule has 3 heterocycles. The summed E-state index contributed by atoms with van der Waals surface area (Å²) in [7, 11) is 0. The average Bonchev–Trinajstić information content (AvgIpc) is 3.26. The second-order valence-corrected chi connectivity index (χ2v) is 8.47. The summed E-state index contributed by atoms with van der Waals surface area (Å²) in [6.45, 7) is 8.11. The Balaban J connectivity index is 1.30. The van der Waals surface area contributed by atoms with E-state index in [2.05, 4.69) is 19.8 Å². The minimum absolute atomic E-state index is 0.195. The third-order valence-corrected chi connectivity index (χ3v) is 6.26. The van der Waals surface area contributed by atoms with Gasteiger partial charge in [0.2, 0.25) is 0 Å². The lowest BCUT2D eigenvalue weighted by atomic mass is 10.1. The van der Waals surface area contributed by atoms with Crippen LogP contribution < -0.4 is 9.64 Å². The van der Waals surface area contributed by atoms with E-state index in [4.69, 9.17) is 19.2 Å². The van der Waals surface area contributed by atoms with Crippen LogP contribution in [0.4, 0.5) is 10.2 Å². The molecule has 33 heavy (non-hydrogen) atoms. The van der Waals surface area contributed by atoms with E-state index >= 15 is 0 Å². The van der Waals surface area contributed by atoms with Crippen molar-refractivity contribution in [3.63, 3.8) is 0 Å². The molecule has 2 saturated heterocycles. The van der Waals surface area contributed by atoms with Gasteiger partial charge in [0.15, 0.2) is 0 Å². The summed E-state index contributed by atoms with van der Waals surface area (Å²) in [5.41, 5.74) is 3.89. The summed E-state index contributed by atoms with van der Waals surface area (Å²) >= 11 is 0. The van der Waals surface area contributed by atoms with Crippen LogP contribution >= 0.6 is 0 Å². The summed E-state index contributed by atoms with van der Waals surface area (Å²) in [5.74, 6) is 0.651. The summed E-state index contributed by atoms with van der Waals surface area (Å²) < 4.78 is 30.4. The third kappa shape index (κ3) is 5.66. The molecule has 0 spiro atoms. The van der Waals surface area contributed by atoms with E-state index in [1.807, 2.05) is 12.1 Å². The standard InChI is InChI=1S/C24H30FN5O3/c25-19-2-3-21-18(15-19)1-4-22(21)26-17-20-16-23(30-8-12-32-13-9-30)28-24(27-20)33-14-7-29-5-10-31-11-6-29/h2-3,15-16H,1,4-14,17H2. The van der Waals surface area contributed by atoms with E-state index < -0.39 is 0 Å². The van der Waals surface area contributed by atoms with Gasteiger partial charge in [-0.1, -0.05) is 0 Å². The number of aliphatic imine (C=N–C) groups is 1. The summed E-state index contributed by atoms with van der Waals surface area (Å²) in [5, 5.41) is 0. The Morgan fingerprint density at radius 1 is 0.970 bits per heavy atom. The molecular formula is C24H30FN5O3. The van der Waals surface area contributed by atoms with Crippen LogP contribution in [0, 0.1) is 5.82 Å². The van der Waals surface area contributed by atoms with Gasteiger partial charge in [-0.25, -0.2) is 4.39 Å². The number of aromatic nitrogens is 2. The van der Waals surface area contributed by atoms with Crippen molar-refractivity contribution in [1.82, 2.24) is 14.9 Å². The maximum atomic E-state index is 13.5. The number of nitrogens with zero attached hydrogens (tertiary/aromatic N) is 5. The number of aryl methyl sites for hydroxylation is 1. The van der Waals surface area contributed by atoms with Gasteiger partial charge in [-0.05, 0) is 42.2 Å². The zero-order valence-electron chi connectivity index (χ0n) is 18.8. The molecule has 9 heteroatoms. The van der Waals surface area contributed by atoms with E-state index in [0.717, 1.165) is 87.1 Å². The molecule has 0 saturated carbocycles. The largest absolute Gasteiger partial charge is 0.462 e. The van der Waals surface area contributed by atoms with E-state index in [0.29, 0.717) is 32.4 Å². The highest BCUT2D eigenvalue weighted by Gasteiger charge is 2.19. The number of rotatable bonds is 7. The third-order valence-electron chi connectivity index (χ3n) is 6.26. The van der Waals surface area contributed by atoms with Gasteiger partial charge < -0.3 is 19.1 Å². The minimum Gasteiger partial charge on any atom is -0.462 e. The van der Waals surface area contributed by atoms with Crippen molar-refractivity contribution in [1.29, 1.82) is 0 Å². The molecule has 0 N–H and O–H groups in total. The van der Waals surface area contributed by atoms with Gasteiger partial charge in [-0.2, -0.15) is 9.97 Å². The lowest BCUT2D eigenvalue weighted by Gasteiger charge is -2.28. The van der Waals surface area contributed by atoms with Gasteiger partial charge in [0.1, 0.15) is 18.2 Å². The van der Waals surface area contributed by atoms with E-state index in [1.54, 1.807) is 6.07 Å². The highest BCUT2D eigenvalue weighted by molar-refractivity contribution is 6.04. The summed E-state index contributed by atoms with van der Waals surface area (Å²) in [6, 6.07) is 7.32. The van der Waals surface area contributed by atoms with Gasteiger partial charge in [0.05, 0.1) is 38.7 Å². The van der Waals surface area contributed by atoms with Gasteiger partial charge in [-0.3, -0.25) is 9.89 Å². The number of morpholine rings is 2. The molecule has 1 aromatic carbocycles. The first-order valence-corrected chi connectivity index (χ1v) is 11.7. The molecule has 0 unspecified atom stereocenters. The first-order chi connectivity index (χ1) is 16.2. The number of halogens is 1. The molecule has 8 nitrogen and oxygen atoms in total. The highest BCUT2D eigenvalue weighted by Crippen LogP contribution is 2.24. The number of hydrogen-bond acceptors (Lipinski definition) is 8. The van der Waals surface area contributed by atoms with Crippen LogP contribution in [-0.2, 0) is 22.4 Å². The van der Waals surface area contributed by atoms with Gasteiger partial charge in [0.25, 0.3) is 0 Å². The van der Waals surface area contributed by atoms with Crippen molar-refractivity contribution < 1.29 is 18.6 Å². The predicted octanol–water partition coefficient (Wildman–Crippen LogP) is 2.10. The number of ether oxygens (including phenoxy) is 3.